The maximum atomic E-state index is 11.6. The standard InChI is InChI=1S/C16H25N3O/c1-19(2)16(20)11-12-3-7-14(8-4-12)18-15-9-5-13(17)6-10-15/h3-4,7-8,13,15,18H,5-6,9-11,17H2,1-2H3. The summed E-state index contributed by atoms with van der Waals surface area (Å²) >= 11 is 0. The third-order valence-electron chi connectivity index (χ3n) is 3.95. The maximum absolute atomic E-state index is 11.6. The van der Waals surface area contributed by atoms with Gasteiger partial charge in [-0.15, -0.1) is 0 Å². The molecule has 1 aromatic carbocycles. The first kappa shape index (κ1) is 14.9. The molecule has 110 valence electrons. The van der Waals surface area contributed by atoms with E-state index in [1.54, 1.807) is 19.0 Å². The van der Waals surface area contributed by atoms with Crippen LogP contribution in [0.2, 0.25) is 0 Å². The summed E-state index contributed by atoms with van der Waals surface area (Å²) in [6, 6.07) is 9.09. The van der Waals surface area contributed by atoms with Crippen LogP contribution in [0.3, 0.4) is 0 Å². The summed E-state index contributed by atoms with van der Waals surface area (Å²) in [5.74, 6) is 0.131. The van der Waals surface area contributed by atoms with Gasteiger partial charge in [0.1, 0.15) is 0 Å². The zero-order chi connectivity index (χ0) is 14.5. The fraction of sp³-hybridized carbons (Fsp3) is 0.562. The Morgan fingerprint density at radius 2 is 1.80 bits per heavy atom. The second kappa shape index (κ2) is 6.75. The molecule has 0 spiro atoms. The SMILES string of the molecule is CN(C)C(=O)Cc1ccc(NC2CCC(N)CC2)cc1. The molecular formula is C16H25N3O. The molecule has 4 heteroatoms. The van der Waals surface area contributed by atoms with Crippen LogP contribution in [0.15, 0.2) is 24.3 Å². The number of likely N-dealkylation sites (N-methyl/N-ethyl adjacent to an activating group) is 1. The molecule has 1 aliphatic rings. The van der Waals surface area contributed by atoms with Gasteiger partial charge in [0.2, 0.25) is 5.91 Å². The molecule has 0 atom stereocenters. The van der Waals surface area contributed by atoms with Crippen LogP contribution >= 0.6 is 0 Å². The summed E-state index contributed by atoms with van der Waals surface area (Å²) in [6.07, 6.45) is 4.95. The van der Waals surface area contributed by atoms with E-state index in [1.165, 1.54) is 0 Å². The van der Waals surface area contributed by atoms with Gasteiger partial charge in [-0.1, -0.05) is 12.1 Å². The monoisotopic (exact) mass is 275 g/mol. The van der Waals surface area contributed by atoms with Crippen molar-refractivity contribution in [3.63, 3.8) is 0 Å². The summed E-state index contributed by atoms with van der Waals surface area (Å²) in [5.41, 5.74) is 8.10. The Morgan fingerprint density at radius 3 is 2.35 bits per heavy atom. The second-order valence-electron chi connectivity index (χ2n) is 5.92. The smallest absolute Gasteiger partial charge is 0.226 e. The first-order valence-electron chi connectivity index (χ1n) is 7.36. The molecule has 1 saturated carbocycles. The predicted octanol–water partition coefficient (Wildman–Crippen LogP) is 2.00. The Morgan fingerprint density at radius 1 is 1.20 bits per heavy atom. The Hall–Kier alpha value is -1.55. The van der Waals surface area contributed by atoms with E-state index in [1.807, 2.05) is 12.1 Å². The van der Waals surface area contributed by atoms with Gasteiger partial charge in [0, 0.05) is 31.9 Å². The van der Waals surface area contributed by atoms with Crippen LogP contribution in [0, 0.1) is 0 Å². The second-order valence-corrected chi connectivity index (χ2v) is 5.92. The van der Waals surface area contributed by atoms with Crippen LogP contribution in [0.5, 0.6) is 0 Å². The van der Waals surface area contributed by atoms with Crippen LogP contribution in [0.1, 0.15) is 31.2 Å². The number of carbonyl (C=O) groups excluding carboxylic acids is 1. The molecule has 20 heavy (non-hydrogen) atoms. The molecular weight excluding hydrogens is 250 g/mol. The Balaban J connectivity index is 1.87. The molecule has 0 aromatic heterocycles. The normalized spacial score (nSPS) is 22.4. The summed E-state index contributed by atoms with van der Waals surface area (Å²) < 4.78 is 0. The van der Waals surface area contributed by atoms with Crippen molar-refractivity contribution >= 4 is 11.6 Å². The van der Waals surface area contributed by atoms with E-state index in [0.29, 0.717) is 18.5 Å². The molecule has 1 aromatic rings. The van der Waals surface area contributed by atoms with E-state index in [9.17, 15) is 4.79 Å². The van der Waals surface area contributed by atoms with Gasteiger partial charge in [-0.05, 0) is 43.4 Å². The number of hydrogen-bond acceptors (Lipinski definition) is 3. The number of amides is 1. The lowest BCUT2D eigenvalue weighted by Gasteiger charge is -2.27. The van der Waals surface area contributed by atoms with Gasteiger partial charge >= 0.3 is 0 Å². The third kappa shape index (κ3) is 4.23. The van der Waals surface area contributed by atoms with Crippen LogP contribution in [0.25, 0.3) is 0 Å². The number of carbonyl (C=O) groups is 1. The van der Waals surface area contributed by atoms with Crippen molar-refractivity contribution < 1.29 is 4.79 Å². The molecule has 1 aliphatic carbocycles. The Bertz CT molecular complexity index is 434. The average molecular weight is 275 g/mol. The molecule has 0 unspecified atom stereocenters. The van der Waals surface area contributed by atoms with E-state index in [2.05, 4.69) is 17.4 Å². The van der Waals surface area contributed by atoms with Crippen LogP contribution in [-0.2, 0) is 11.2 Å². The highest BCUT2D eigenvalue weighted by Crippen LogP contribution is 2.21. The molecule has 0 aliphatic heterocycles. The molecule has 0 heterocycles. The highest BCUT2D eigenvalue weighted by atomic mass is 16.2. The highest BCUT2D eigenvalue weighted by Gasteiger charge is 2.18. The van der Waals surface area contributed by atoms with Crippen LogP contribution < -0.4 is 11.1 Å². The van der Waals surface area contributed by atoms with Crippen molar-refractivity contribution in [2.24, 2.45) is 5.73 Å². The molecule has 0 radical (unpaired) electrons. The lowest BCUT2D eigenvalue weighted by molar-refractivity contribution is -0.127. The van der Waals surface area contributed by atoms with E-state index in [4.69, 9.17) is 5.73 Å². The Kier molecular flexibility index (Phi) is 5.01. The summed E-state index contributed by atoms with van der Waals surface area (Å²) in [4.78, 5) is 13.3. The van der Waals surface area contributed by atoms with Crippen molar-refractivity contribution in [1.29, 1.82) is 0 Å². The summed E-state index contributed by atoms with van der Waals surface area (Å²) in [6.45, 7) is 0. The minimum absolute atomic E-state index is 0.131. The average Bonchev–Trinajstić information content (AvgIpc) is 2.43. The van der Waals surface area contributed by atoms with Crippen molar-refractivity contribution in [2.75, 3.05) is 19.4 Å². The molecule has 4 nitrogen and oxygen atoms in total. The van der Waals surface area contributed by atoms with Crippen molar-refractivity contribution in [2.45, 2.75) is 44.2 Å². The minimum Gasteiger partial charge on any atom is -0.382 e. The lowest BCUT2D eigenvalue weighted by atomic mass is 9.91. The van der Waals surface area contributed by atoms with Gasteiger partial charge in [0.15, 0.2) is 0 Å². The fourth-order valence-corrected chi connectivity index (χ4v) is 2.55. The summed E-state index contributed by atoms with van der Waals surface area (Å²) in [5, 5.41) is 3.55. The molecule has 1 fully saturated rings. The highest BCUT2D eigenvalue weighted by molar-refractivity contribution is 5.78. The summed E-state index contributed by atoms with van der Waals surface area (Å²) in [7, 11) is 3.57. The molecule has 2 rings (SSSR count). The fourth-order valence-electron chi connectivity index (χ4n) is 2.55. The molecule has 0 bridgehead atoms. The maximum Gasteiger partial charge on any atom is 0.226 e. The van der Waals surface area contributed by atoms with Gasteiger partial charge < -0.3 is 16.0 Å². The third-order valence-corrected chi connectivity index (χ3v) is 3.95. The molecule has 1 amide bonds. The number of rotatable bonds is 4. The van der Waals surface area contributed by atoms with Crippen molar-refractivity contribution in [3.8, 4) is 0 Å². The first-order valence-corrected chi connectivity index (χ1v) is 7.36. The number of nitrogens with one attached hydrogen (secondary N) is 1. The van der Waals surface area contributed by atoms with Gasteiger partial charge in [-0.3, -0.25) is 4.79 Å². The van der Waals surface area contributed by atoms with Crippen LogP contribution in [-0.4, -0.2) is 37.0 Å². The van der Waals surface area contributed by atoms with E-state index < -0.39 is 0 Å². The van der Waals surface area contributed by atoms with Gasteiger partial charge in [-0.25, -0.2) is 0 Å². The van der Waals surface area contributed by atoms with Gasteiger partial charge in [-0.2, -0.15) is 0 Å². The quantitative estimate of drug-likeness (QED) is 0.883. The number of nitrogens with zero attached hydrogens (tertiary/aromatic N) is 1. The number of hydrogen-bond donors (Lipinski definition) is 2. The lowest BCUT2D eigenvalue weighted by Crippen LogP contribution is -2.32. The topological polar surface area (TPSA) is 58.4 Å². The number of benzene rings is 1. The van der Waals surface area contributed by atoms with E-state index in [0.717, 1.165) is 36.9 Å². The minimum atomic E-state index is 0.131. The zero-order valence-electron chi connectivity index (χ0n) is 12.4. The van der Waals surface area contributed by atoms with Gasteiger partial charge in [0.25, 0.3) is 0 Å². The van der Waals surface area contributed by atoms with Crippen molar-refractivity contribution in [1.82, 2.24) is 4.90 Å². The van der Waals surface area contributed by atoms with E-state index in [-0.39, 0.29) is 5.91 Å². The Labute approximate surface area is 121 Å². The number of anilines is 1. The van der Waals surface area contributed by atoms with Crippen molar-refractivity contribution in [3.05, 3.63) is 29.8 Å². The molecule has 3 N–H and O–H groups in total. The van der Waals surface area contributed by atoms with Gasteiger partial charge in [0.05, 0.1) is 6.42 Å². The number of nitrogens with two attached hydrogens (primary N) is 1. The van der Waals surface area contributed by atoms with Crippen LogP contribution in [0.4, 0.5) is 5.69 Å². The predicted molar refractivity (Wildman–Crippen MR) is 82.7 cm³/mol. The van der Waals surface area contributed by atoms with E-state index >= 15 is 0 Å². The zero-order valence-corrected chi connectivity index (χ0v) is 12.4. The molecule has 0 saturated heterocycles. The first-order chi connectivity index (χ1) is 9.54. The largest absolute Gasteiger partial charge is 0.382 e.